The van der Waals surface area contributed by atoms with Crippen molar-refractivity contribution in [1.82, 2.24) is 0 Å². The van der Waals surface area contributed by atoms with E-state index in [0.29, 0.717) is 6.61 Å². The zero-order valence-electron chi connectivity index (χ0n) is 13.9. The van der Waals surface area contributed by atoms with Gasteiger partial charge in [0.25, 0.3) is 0 Å². The van der Waals surface area contributed by atoms with E-state index in [1.807, 2.05) is 12.1 Å². The van der Waals surface area contributed by atoms with Gasteiger partial charge in [0.2, 0.25) is 0 Å². The van der Waals surface area contributed by atoms with Crippen LogP contribution in [0.5, 0.6) is 5.75 Å². The van der Waals surface area contributed by atoms with Crippen LogP contribution in [0, 0.1) is 0 Å². The molecule has 124 valence electrons. The van der Waals surface area contributed by atoms with E-state index < -0.39 is 0 Å². The molecule has 0 aliphatic heterocycles. The van der Waals surface area contributed by atoms with Crippen molar-refractivity contribution in [3.63, 3.8) is 0 Å². The lowest BCUT2D eigenvalue weighted by Crippen LogP contribution is -2.05. The summed E-state index contributed by atoms with van der Waals surface area (Å²) >= 11 is 3.50. The van der Waals surface area contributed by atoms with Gasteiger partial charge in [0.15, 0.2) is 0 Å². The van der Waals surface area contributed by atoms with Crippen molar-refractivity contribution in [2.24, 2.45) is 0 Å². The molecule has 0 radical (unpaired) electrons. The van der Waals surface area contributed by atoms with Crippen LogP contribution < -0.4 is 4.74 Å². The molecule has 0 heterocycles. The second-order valence-electron chi connectivity index (χ2n) is 5.70. The Labute approximate surface area is 148 Å². The Morgan fingerprint density at radius 3 is 2.26 bits per heavy atom. The molecule has 23 heavy (non-hydrogen) atoms. The Hall–Kier alpha value is -1.32. The van der Waals surface area contributed by atoms with Gasteiger partial charge in [-0.1, -0.05) is 66.4 Å². The zero-order chi connectivity index (χ0) is 16.5. The summed E-state index contributed by atoms with van der Waals surface area (Å²) in [6.07, 6.45) is 4.88. The van der Waals surface area contributed by atoms with Crippen molar-refractivity contribution < 1.29 is 9.47 Å². The third-order valence-corrected chi connectivity index (χ3v) is 4.45. The third-order valence-electron chi connectivity index (χ3n) is 3.92. The van der Waals surface area contributed by atoms with Crippen molar-refractivity contribution in [3.8, 4) is 5.75 Å². The largest absolute Gasteiger partial charge is 0.497 e. The number of hydrogen-bond acceptors (Lipinski definition) is 2. The number of methoxy groups -OCH3 is 1. The first kappa shape index (κ1) is 18.0. The van der Waals surface area contributed by atoms with E-state index in [-0.39, 0.29) is 6.10 Å². The highest BCUT2D eigenvalue weighted by Gasteiger charge is 2.12. The molecule has 0 saturated heterocycles. The summed E-state index contributed by atoms with van der Waals surface area (Å²) in [4.78, 5) is 0. The van der Waals surface area contributed by atoms with E-state index in [1.54, 1.807) is 7.11 Å². The van der Waals surface area contributed by atoms with Crippen molar-refractivity contribution in [3.05, 3.63) is 64.1 Å². The van der Waals surface area contributed by atoms with Gasteiger partial charge >= 0.3 is 0 Å². The number of unbranched alkanes of at least 4 members (excludes halogenated alkanes) is 2. The second kappa shape index (κ2) is 9.74. The SMILES string of the molecule is CCCCC[C@@H](OCc1ccc(OC)cc1)c1ccc(Br)cc1. The molecule has 0 aliphatic rings. The standard InChI is InChI=1S/C20H25BrO2/c1-3-4-5-6-20(17-9-11-18(21)12-10-17)23-15-16-7-13-19(22-2)14-8-16/h7-14,20H,3-6,15H2,1-2H3/t20-/m1/s1. The fraction of sp³-hybridized carbons (Fsp3) is 0.400. The number of halogens is 1. The van der Waals surface area contributed by atoms with E-state index in [4.69, 9.17) is 9.47 Å². The van der Waals surface area contributed by atoms with E-state index in [1.165, 1.54) is 30.4 Å². The molecule has 3 heteroatoms. The van der Waals surface area contributed by atoms with Crippen LogP contribution in [0.15, 0.2) is 53.0 Å². The van der Waals surface area contributed by atoms with E-state index in [2.05, 4.69) is 59.3 Å². The molecule has 0 N–H and O–H groups in total. The van der Waals surface area contributed by atoms with Crippen molar-refractivity contribution >= 4 is 15.9 Å². The van der Waals surface area contributed by atoms with Gasteiger partial charge in [0.05, 0.1) is 19.8 Å². The molecule has 0 spiro atoms. The Kier molecular flexibility index (Phi) is 7.63. The maximum Gasteiger partial charge on any atom is 0.118 e. The number of ether oxygens (including phenoxy) is 2. The summed E-state index contributed by atoms with van der Waals surface area (Å²) < 4.78 is 12.5. The number of hydrogen-bond donors (Lipinski definition) is 0. The first-order valence-electron chi connectivity index (χ1n) is 8.23. The fourth-order valence-electron chi connectivity index (χ4n) is 2.52. The highest BCUT2D eigenvalue weighted by atomic mass is 79.9. The molecule has 0 unspecified atom stereocenters. The first-order chi connectivity index (χ1) is 11.2. The predicted molar refractivity (Wildman–Crippen MR) is 98.8 cm³/mol. The lowest BCUT2D eigenvalue weighted by atomic mass is 10.0. The predicted octanol–water partition coefficient (Wildman–Crippen LogP) is 6.30. The third kappa shape index (κ3) is 6.00. The van der Waals surface area contributed by atoms with E-state index >= 15 is 0 Å². The van der Waals surface area contributed by atoms with Crippen LogP contribution >= 0.6 is 15.9 Å². The van der Waals surface area contributed by atoms with Gasteiger partial charge in [-0.2, -0.15) is 0 Å². The Morgan fingerprint density at radius 2 is 1.65 bits per heavy atom. The minimum absolute atomic E-state index is 0.150. The highest BCUT2D eigenvalue weighted by Crippen LogP contribution is 2.27. The lowest BCUT2D eigenvalue weighted by molar-refractivity contribution is 0.0322. The topological polar surface area (TPSA) is 18.5 Å². The van der Waals surface area contributed by atoms with Crippen molar-refractivity contribution in [2.75, 3.05) is 7.11 Å². The minimum Gasteiger partial charge on any atom is -0.497 e. The number of rotatable bonds is 9. The molecule has 2 aromatic carbocycles. The smallest absolute Gasteiger partial charge is 0.118 e. The van der Waals surface area contributed by atoms with Crippen LogP contribution in [-0.2, 0) is 11.3 Å². The van der Waals surface area contributed by atoms with Gasteiger partial charge in [-0.05, 0) is 41.8 Å². The summed E-state index contributed by atoms with van der Waals surface area (Å²) in [6, 6.07) is 16.5. The van der Waals surface area contributed by atoms with Crippen LogP contribution in [-0.4, -0.2) is 7.11 Å². The minimum atomic E-state index is 0.150. The summed E-state index contributed by atoms with van der Waals surface area (Å²) in [7, 11) is 1.68. The maximum atomic E-state index is 6.22. The normalized spacial score (nSPS) is 12.1. The van der Waals surface area contributed by atoms with Gasteiger partial charge in [-0.15, -0.1) is 0 Å². The van der Waals surface area contributed by atoms with Gasteiger partial charge in [0.1, 0.15) is 5.75 Å². The van der Waals surface area contributed by atoms with Gasteiger partial charge in [-0.3, -0.25) is 0 Å². The first-order valence-corrected chi connectivity index (χ1v) is 9.02. The van der Waals surface area contributed by atoms with Crippen molar-refractivity contribution in [1.29, 1.82) is 0 Å². The Balaban J connectivity index is 1.99. The van der Waals surface area contributed by atoms with Crippen LogP contribution in [0.1, 0.15) is 49.8 Å². The van der Waals surface area contributed by atoms with Gasteiger partial charge in [0, 0.05) is 4.47 Å². The molecule has 0 bridgehead atoms. The zero-order valence-corrected chi connectivity index (χ0v) is 15.5. The van der Waals surface area contributed by atoms with E-state index in [0.717, 1.165) is 16.6 Å². The summed E-state index contributed by atoms with van der Waals surface area (Å²) in [6.45, 7) is 2.85. The molecule has 0 saturated carbocycles. The molecule has 2 aromatic rings. The average molecular weight is 377 g/mol. The number of benzene rings is 2. The Morgan fingerprint density at radius 1 is 0.957 bits per heavy atom. The van der Waals surface area contributed by atoms with Gasteiger partial charge in [-0.25, -0.2) is 0 Å². The van der Waals surface area contributed by atoms with Crippen LogP contribution in [0.25, 0.3) is 0 Å². The molecular weight excluding hydrogens is 352 g/mol. The Bertz CT molecular complexity index is 563. The van der Waals surface area contributed by atoms with Crippen LogP contribution in [0.4, 0.5) is 0 Å². The summed E-state index contributed by atoms with van der Waals surface area (Å²) in [5.74, 6) is 0.876. The van der Waals surface area contributed by atoms with Crippen LogP contribution in [0.2, 0.25) is 0 Å². The highest BCUT2D eigenvalue weighted by molar-refractivity contribution is 9.10. The van der Waals surface area contributed by atoms with Crippen LogP contribution in [0.3, 0.4) is 0 Å². The summed E-state index contributed by atoms with van der Waals surface area (Å²) in [5, 5.41) is 0. The maximum absolute atomic E-state index is 6.22. The van der Waals surface area contributed by atoms with Gasteiger partial charge < -0.3 is 9.47 Å². The molecule has 2 rings (SSSR count). The molecule has 1 atom stereocenters. The average Bonchev–Trinajstić information content (AvgIpc) is 2.59. The lowest BCUT2D eigenvalue weighted by Gasteiger charge is -2.19. The molecule has 2 nitrogen and oxygen atoms in total. The second-order valence-corrected chi connectivity index (χ2v) is 6.61. The molecule has 0 aliphatic carbocycles. The molecular formula is C20H25BrO2. The monoisotopic (exact) mass is 376 g/mol. The van der Waals surface area contributed by atoms with E-state index in [9.17, 15) is 0 Å². The van der Waals surface area contributed by atoms with Crippen molar-refractivity contribution in [2.45, 2.75) is 45.3 Å². The quantitative estimate of drug-likeness (QED) is 0.478. The fourth-order valence-corrected chi connectivity index (χ4v) is 2.79. The molecule has 0 fully saturated rings. The molecule has 0 amide bonds. The summed E-state index contributed by atoms with van der Waals surface area (Å²) in [5.41, 5.74) is 2.42. The molecule has 0 aromatic heterocycles.